The normalized spacial score (nSPS) is 28.2. The highest BCUT2D eigenvalue weighted by atomic mass is 16.3. The van der Waals surface area contributed by atoms with Crippen LogP contribution in [-0.4, -0.2) is 85.3 Å². The van der Waals surface area contributed by atoms with Crippen LogP contribution in [0.3, 0.4) is 0 Å². The average Bonchev–Trinajstić information content (AvgIpc) is 2.90. The van der Waals surface area contributed by atoms with E-state index >= 15 is 0 Å². The molecular formula is C20H30N4O2. The van der Waals surface area contributed by atoms with Gasteiger partial charge in [0.05, 0.1) is 12.1 Å². The molecule has 1 spiro atoms. The summed E-state index contributed by atoms with van der Waals surface area (Å²) in [5.41, 5.74) is 2.50. The van der Waals surface area contributed by atoms with Crippen molar-refractivity contribution in [2.75, 3.05) is 53.4 Å². The second-order valence-corrected chi connectivity index (χ2v) is 8.08. The summed E-state index contributed by atoms with van der Waals surface area (Å²) in [5.74, 6) is 0. The van der Waals surface area contributed by atoms with Crippen LogP contribution < -0.4 is 5.32 Å². The summed E-state index contributed by atoms with van der Waals surface area (Å²) in [6.07, 6.45) is 1.60. The number of aliphatic hydroxyl groups is 1. The van der Waals surface area contributed by atoms with E-state index in [0.29, 0.717) is 0 Å². The molecule has 0 radical (unpaired) electrons. The minimum absolute atomic E-state index is 0.0425. The molecule has 2 saturated heterocycles. The zero-order valence-electron chi connectivity index (χ0n) is 15.8. The molecule has 2 heterocycles. The maximum Gasteiger partial charge on any atom is 0.319 e. The summed E-state index contributed by atoms with van der Waals surface area (Å²) in [6.45, 7) is 4.98. The number of amides is 2. The van der Waals surface area contributed by atoms with Gasteiger partial charge in [0.15, 0.2) is 0 Å². The highest BCUT2D eigenvalue weighted by molar-refractivity contribution is 5.73. The molecule has 6 heteroatoms. The molecule has 2 N–H and O–H groups in total. The Labute approximate surface area is 155 Å². The van der Waals surface area contributed by atoms with E-state index in [9.17, 15) is 9.90 Å². The number of carbonyl (C=O) groups excluding carboxylic acids is 1. The van der Waals surface area contributed by atoms with Crippen molar-refractivity contribution in [3.8, 4) is 0 Å². The molecule has 2 amide bonds. The van der Waals surface area contributed by atoms with E-state index in [1.165, 1.54) is 11.1 Å². The second kappa shape index (κ2) is 6.83. The van der Waals surface area contributed by atoms with Crippen molar-refractivity contribution in [1.82, 2.24) is 20.0 Å². The van der Waals surface area contributed by atoms with Gasteiger partial charge in [-0.2, -0.15) is 0 Å². The van der Waals surface area contributed by atoms with Crippen LogP contribution in [0.5, 0.6) is 0 Å². The van der Waals surface area contributed by atoms with Crippen LogP contribution in [-0.2, 0) is 5.41 Å². The van der Waals surface area contributed by atoms with E-state index in [4.69, 9.17) is 0 Å². The fourth-order valence-corrected chi connectivity index (χ4v) is 5.15. The molecule has 2 atom stereocenters. The van der Waals surface area contributed by atoms with Gasteiger partial charge >= 0.3 is 6.03 Å². The van der Waals surface area contributed by atoms with Crippen molar-refractivity contribution < 1.29 is 9.90 Å². The van der Waals surface area contributed by atoms with Gasteiger partial charge in [0.2, 0.25) is 0 Å². The Hall–Kier alpha value is -1.63. The molecule has 26 heavy (non-hydrogen) atoms. The maximum absolute atomic E-state index is 12.2. The van der Waals surface area contributed by atoms with E-state index in [0.717, 1.165) is 52.1 Å². The highest BCUT2D eigenvalue weighted by Crippen LogP contribution is 2.52. The van der Waals surface area contributed by atoms with Crippen LogP contribution in [0.1, 0.15) is 30.0 Å². The molecule has 4 rings (SSSR count). The Kier molecular flexibility index (Phi) is 4.67. The van der Waals surface area contributed by atoms with Crippen molar-refractivity contribution in [1.29, 1.82) is 0 Å². The predicted octanol–water partition coefficient (Wildman–Crippen LogP) is 1.02. The topological polar surface area (TPSA) is 59.1 Å². The summed E-state index contributed by atoms with van der Waals surface area (Å²) in [7, 11) is 3.60. The molecule has 2 fully saturated rings. The number of hydrogen-bond acceptors (Lipinski definition) is 4. The average molecular weight is 358 g/mol. The summed E-state index contributed by atoms with van der Waals surface area (Å²) >= 11 is 0. The lowest BCUT2D eigenvalue weighted by Gasteiger charge is -2.43. The van der Waals surface area contributed by atoms with Gasteiger partial charge in [-0.1, -0.05) is 24.3 Å². The van der Waals surface area contributed by atoms with Crippen molar-refractivity contribution >= 4 is 6.03 Å². The first kappa shape index (κ1) is 17.8. The largest absolute Gasteiger partial charge is 0.390 e. The van der Waals surface area contributed by atoms with Gasteiger partial charge in [-0.05, 0) is 37.1 Å². The third-order valence-electron chi connectivity index (χ3n) is 6.54. The Bertz CT molecular complexity index is 664. The van der Waals surface area contributed by atoms with Crippen LogP contribution in [0.4, 0.5) is 4.79 Å². The Balaban J connectivity index is 1.57. The minimum atomic E-state index is -0.377. The van der Waals surface area contributed by atoms with Crippen molar-refractivity contribution in [2.24, 2.45) is 0 Å². The SMILES string of the molecule is CN(C)C(=O)N1CCN([C@@H]2c3ccccc3C3(CCNCC3)[C@H]2O)CC1. The van der Waals surface area contributed by atoms with E-state index in [1.54, 1.807) is 19.0 Å². The molecule has 142 valence electrons. The zero-order valence-corrected chi connectivity index (χ0v) is 15.8. The first-order chi connectivity index (χ1) is 12.5. The number of piperazine rings is 1. The van der Waals surface area contributed by atoms with Gasteiger partial charge in [0, 0.05) is 45.7 Å². The van der Waals surface area contributed by atoms with E-state index in [-0.39, 0.29) is 23.6 Å². The fraction of sp³-hybridized carbons (Fsp3) is 0.650. The third kappa shape index (κ3) is 2.71. The molecule has 1 aliphatic carbocycles. The minimum Gasteiger partial charge on any atom is -0.390 e. The summed E-state index contributed by atoms with van der Waals surface area (Å²) in [5, 5.41) is 14.9. The molecule has 0 bridgehead atoms. The number of carbonyl (C=O) groups is 1. The lowest BCUT2D eigenvalue weighted by atomic mass is 9.72. The molecule has 0 aromatic heterocycles. The lowest BCUT2D eigenvalue weighted by molar-refractivity contribution is -0.0148. The molecule has 0 unspecified atom stereocenters. The van der Waals surface area contributed by atoms with Crippen LogP contribution in [0.2, 0.25) is 0 Å². The van der Waals surface area contributed by atoms with Crippen molar-refractivity contribution in [3.63, 3.8) is 0 Å². The van der Waals surface area contributed by atoms with E-state index in [1.807, 2.05) is 4.90 Å². The third-order valence-corrected chi connectivity index (χ3v) is 6.54. The Morgan fingerprint density at radius 2 is 1.81 bits per heavy atom. The Morgan fingerprint density at radius 1 is 1.15 bits per heavy atom. The maximum atomic E-state index is 12.2. The number of aliphatic hydroxyl groups excluding tert-OH is 1. The first-order valence-electron chi connectivity index (χ1n) is 9.73. The standard InChI is InChI=1S/C20H30N4O2/c1-22(2)19(26)24-13-11-23(12-14-24)17-15-5-3-4-6-16(15)20(18(17)25)7-9-21-10-8-20/h3-6,17-18,21,25H,7-14H2,1-2H3/t17-,18+/m1/s1. The van der Waals surface area contributed by atoms with Crippen molar-refractivity contribution in [3.05, 3.63) is 35.4 Å². The number of hydrogen-bond donors (Lipinski definition) is 2. The van der Waals surface area contributed by atoms with Gasteiger partial charge in [0.25, 0.3) is 0 Å². The molecule has 1 aromatic carbocycles. The van der Waals surface area contributed by atoms with Gasteiger partial charge in [0.1, 0.15) is 0 Å². The molecule has 2 aliphatic heterocycles. The smallest absolute Gasteiger partial charge is 0.319 e. The Morgan fingerprint density at radius 3 is 2.46 bits per heavy atom. The number of fused-ring (bicyclic) bond motifs is 2. The highest BCUT2D eigenvalue weighted by Gasteiger charge is 2.53. The number of urea groups is 1. The quantitative estimate of drug-likeness (QED) is 0.787. The lowest BCUT2D eigenvalue weighted by Crippen LogP contribution is -2.55. The number of rotatable bonds is 1. The van der Waals surface area contributed by atoms with E-state index in [2.05, 4.69) is 34.5 Å². The summed E-state index contributed by atoms with van der Waals surface area (Å²) in [6, 6.07) is 8.72. The van der Waals surface area contributed by atoms with Gasteiger partial charge in [-0.3, -0.25) is 4.90 Å². The molecule has 1 aromatic rings. The number of nitrogens with one attached hydrogen (secondary N) is 1. The molecule has 0 saturated carbocycles. The first-order valence-corrected chi connectivity index (χ1v) is 9.73. The second-order valence-electron chi connectivity index (χ2n) is 8.08. The van der Waals surface area contributed by atoms with Gasteiger partial charge < -0.3 is 20.2 Å². The number of piperidine rings is 1. The van der Waals surface area contributed by atoms with Crippen LogP contribution >= 0.6 is 0 Å². The van der Waals surface area contributed by atoms with Gasteiger partial charge in [-0.25, -0.2) is 4.79 Å². The molecule has 3 aliphatic rings. The van der Waals surface area contributed by atoms with Crippen LogP contribution in [0.15, 0.2) is 24.3 Å². The number of benzene rings is 1. The fourth-order valence-electron chi connectivity index (χ4n) is 5.15. The summed E-state index contributed by atoms with van der Waals surface area (Å²) in [4.78, 5) is 18.1. The van der Waals surface area contributed by atoms with Crippen LogP contribution in [0.25, 0.3) is 0 Å². The number of nitrogens with zero attached hydrogens (tertiary/aromatic N) is 3. The molecule has 6 nitrogen and oxygen atoms in total. The van der Waals surface area contributed by atoms with E-state index < -0.39 is 0 Å². The molecular weight excluding hydrogens is 328 g/mol. The monoisotopic (exact) mass is 358 g/mol. The zero-order chi connectivity index (χ0) is 18.3. The van der Waals surface area contributed by atoms with Gasteiger partial charge in [-0.15, -0.1) is 0 Å². The van der Waals surface area contributed by atoms with Crippen molar-refractivity contribution in [2.45, 2.75) is 30.4 Å². The predicted molar refractivity (Wildman–Crippen MR) is 101 cm³/mol. The summed E-state index contributed by atoms with van der Waals surface area (Å²) < 4.78 is 0. The van der Waals surface area contributed by atoms with Crippen LogP contribution in [0, 0.1) is 0 Å².